The van der Waals surface area contributed by atoms with Crippen molar-refractivity contribution in [3.05, 3.63) is 34.4 Å². The Kier molecular flexibility index (Phi) is 3.90. The zero-order chi connectivity index (χ0) is 12.1. The normalized spacial score (nSPS) is 11.2. The largest absolute Gasteiger partial charge is 0.237 e. The van der Waals surface area contributed by atoms with Crippen LogP contribution in [-0.2, 0) is 9.59 Å². The van der Waals surface area contributed by atoms with Crippen molar-refractivity contribution >= 4 is 12.2 Å². The van der Waals surface area contributed by atoms with Gasteiger partial charge in [0.05, 0.1) is 0 Å². The molecular formula is C12H12N2O2. The molecule has 0 aromatic heterocycles. The average molecular weight is 216 g/mol. The molecule has 0 atom stereocenters. The van der Waals surface area contributed by atoms with E-state index in [1.54, 1.807) is 0 Å². The molecule has 0 aliphatic heterocycles. The second-order valence-corrected chi connectivity index (χ2v) is 3.54. The molecule has 82 valence electrons. The Hall–Kier alpha value is -2.02. The second-order valence-electron chi connectivity index (χ2n) is 3.54. The Morgan fingerprint density at radius 2 is 1.56 bits per heavy atom. The molecule has 1 aromatic rings. The third-order valence-electron chi connectivity index (χ3n) is 2.73. The van der Waals surface area contributed by atoms with Crippen molar-refractivity contribution in [3.8, 4) is 0 Å². The number of nitrogens with zero attached hydrogens (tertiary/aromatic N) is 2. The number of aliphatic imine (C=N–C) groups is 2. The quantitative estimate of drug-likeness (QED) is 0.574. The summed E-state index contributed by atoms with van der Waals surface area (Å²) in [5.41, 5.74) is 3.95. The van der Waals surface area contributed by atoms with Gasteiger partial charge in [0, 0.05) is 5.56 Å². The number of hydrogen-bond acceptors (Lipinski definition) is 4. The topological polar surface area (TPSA) is 58.9 Å². The highest BCUT2D eigenvalue weighted by Gasteiger charge is 2.13. The van der Waals surface area contributed by atoms with E-state index in [1.807, 2.05) is 32.9 Å². The van der Waals surface area contributed by atoms with E-state index < -0.39 is 6.17 Å². The predicted molar refractivity (Wildman–Crippen MR) is 59.6 cm³/mol. The molecule has 0 bridgehead atoms. The summed E-state index contributed by atoms with van der Waals surface area (Å²) in [6.07, 6.45) is 2.00. The molecule has 0 saturated heterocycles. The van der Waals surface area contributed by atoms with Crippen molar-refractivity contribution < 1.29 is 9.59 Å². The Morgan fingerprint density at radius 3 is 2.06 bits per heavy atom. The maximum Gasteiger partial charge on any atom is 0.237 e. The molecule has 0 N–H and O–H groups in total. The molecule has 1 rings (SSSR count). The monoisotopic (exact) mass is 216 g/mol. The van der Waals surface area contributed by atoms with Crippen molar-refractivity contribution in [2.24, 2.45) is 9.98 Å². The first-order chi connectivity index (χ1) is 7.61. The smallest absolute Gasteiger partial charge is 0.211 e. The van der Waals surface area contributed by atoms with E-state index >= 15 is 0 Å². The molecule has 1 aromatic carbocycles. The van der Waals surface area contributed by atoms with Crippen LogP contribution in [-0.4, -0.2) is 12.2 Å². The van der Waals surface area contributed by atoms with Crippen molar-refractivity contribution in [2.75, 3.05) is 0 Å². The standard InChI is InChI=1S/C12H12N2O2/c1-8-4-5-11(10(3)9(8)2)12(13-6-15)14-7-16/h4-5,12H,1-3H3. The van der Waals surface area contributed by atoms with Gasteiger partial charge in [-0.2, -0.15) is 9.98 Å². The van der Waals surface area contributed by atoms with Gasteiger partial charge in [0.15, 0.2) is 6.17 Å². The third-order valence-corrected chi connectivity index (χ3v) is 2.73. The Balaban J connectivity index is 3.35. The first-order valence-corrected chi connectivity index (χ1v) is 4.82. The highest BCUT2D eigenvalue weighted by atomic mass is 16.1. The van der Waals surface area contributed by atoms with Crippen LogP contribution in [0.4, 0.5) is 0 Å². The van der Waals surface area contributed by atoms with Gasteiger partial charge < -0.3 is 0 Å². The minimum Gasteiger partial charge on any atom is -0.211 e. The van der Waals surface area contributed by atoms with Crippen molar-refractivity contribution in [1.82, 2.24) is 0 Å². The van der Waals surface area contributed by atoms with Crippen LogP contribution in [0.3, 0.4) is 0 Å². The third kappa shape index (κ3) is 2.31. The summed E-state index contributed by atoms with van der Waals surface area (Å²) < 4.78 is 0. The van der Waals surface area contributed by atoms with Gasteiger partial charge in [-0.25, -0.2) is 9.59 Å². The van der Waals surface area contributed by atoms with Gasteiger partial charge in [0.2, 0.25) is 12.2 Å². The van der Waals surface area contributed by atoms with Crippen LogP contribution in [0.2, 0.25) is 0 Å². The Labute approximate surface area is 93.7 Å². The van der Waals surface area contributed by atoms with E-state index in [0.717, 1.165) is 22.3 Å². The number of benzene rings is 1. The van der Waals surface area contributed by atoms with Crippen molar-refractivity contribution in [2.45, 2.75) is 26.9 Å². The molecule has 4 nitrogen and oxygen atoms in total. The van der Waals surface area contributed by atoms with Crippen LogP contribution >= 0.6 is 0 Å². The summed E-state index contributed by atoms with van der Waals surface area (Å²) in [7, 11) is 0. The molecule has 0 radical (unpaired) electrons. The molecule has 4 heteroatoms. The fourth-order valence-corrected chi connectivity index (χ4v) is 1.52. The highest BCUT2D eigenvalue weighted by molar-refractivity contribution is 5.44. The average Bonchev–Trinajstić information content (AvgIpc) is 2.26. The van der Waals surface area contributed by atoms with Gasteiger partial charge in [-0.3, -0.25) is 0 Å². The van der Waals surface area contributed by atoms with Gasteiger partial charge in [-0.15, -0.1) is 0 Å². The van der Waals surface area contributed by atoms with E-state index in [1.165, 1.54) is 12.2 Å². The number of hydrogen-bond donors (Lipinski definition) is 0. The van der Waals surface area contributed by atoms with Gasteiger partial charge >= 0.3 is 0 Å². The molecule has 0 saturated carbocycles. The molecule has 0 spiro atoms. The molecule has 0 unspecified atom stereocenters. The summed E-state index contributed by atoms with van der Waals surface area (Å²) in [4.78, 5) is 27.5. The van der Waals surface area contributed by atoms with Crippen molar-refractivity contribution in [3.63, 3.8) is 0 Å². The summed E-state index contributed by atoms with van der Waals surface area (Å²) >= 11 is 0. The van der Waals surface area contributed by atoms with Crippen molar-refractivity contribution in [1.29, 1.82) is 0 Å². The molecule has 0 fully saturated rings. The molecule has 0 aliphatic carbocycles. The van der Waals surface area contributed by atoms with E-state index in [0.29, 0.717) is 0 Å². The van der Waals surface area contributed by atoms with Crippen LogP contribution < -0.4 is 0 Å². The fourth-order valence-electron chi connectivity index (χ4n) is 1.52. The van der Waals surface area contributed by atoms with E-state index in [2.05, 4.69) is 9.98 Å². The molecule has 16 heavy (non-hydrogen) atoms. The lowest BCUT2D eigenvalue weighted by Gasteiger charge is -2.12. The van der Waals surface area contributed by atoms with E-state index in [4.69, 9.17) is 0 Å². The summed E-state index contributed by atoms with van der Waals surface area (Å²) in [6, 6.07) is 3.72. The SMILES string of the molecule is Cc1ccc(C(N=C=O)N=C=O)c(C)c1C. The van der Waals surface area contributed by atoms with Crippen LogP contribution in [0.5, 0.6) is 0 Å². The van der Waals surface area contributed by atoms with Gasteiger partial charge in [-0.05, 0) is 37.5 Å². The van der Waals surface area contributed by atoms with Crippen LogP contribution in [0.25, 0.3) is 0 Å². The molecular weight excluding hydrogens is 204 g/mol. The minimum atomic E-state index is -0.825. The molecule has 0 amide bonds. The lowest BCUT2D eigenvalue weighted by atomic mass is 9.97. The Bertz CT molecular complexity index is 478. The summed E-state index contributed by atoms with van der Waals surface area (Å²) in [5.74, 6) is 0. The minimum absolute atomic E-state index is 0.731. The van der Waals surface area contributed by atoms with E-state index in [9.17, 15) is 9.59 Å². The fraction of sp³-hybridized carbons (Fsp3) is 0.333. The number of aryl methyl sites for hydroxylation is 1. The zero-order valence-corrected chi connectivity index (χ0v) is 9.44. The first kappa shape index (κ1) is 12.1. The maximum absolute atomic E-state index is 10.2. The highest BCUT2D eigenvalue weighted by Crippen LogP contribution is 2.25. The summed E-state index contributed by atoms with van der Waals surface area (Å²) in [5, 5.41) is 0. The summed E-state index contributed by atoms with van der Waals surface area (Å²) in [6.45, 7) is 5.87. The number of isocyanates is 2. The Morgan fingerprint density at radius 1 is 1.00 bits per heavy atom. The van der Waals surface area contributed by atoms with Gasteiger partial charge in [0.1, 0.15) is 0 Å². The van der Waals surface area contributed by atoms with Gasteiger partial charge in [0.25, 0.3) is 0 Å². The van der Waals surface area contributed by atoms with Crippen LogP contribution in [0.15, 0.2) is 22.1 Å². The van der Waals surface area contributed by atoms with E-state index in [-0.39, 0.29) is 0 Å². The molecule has 0 aliphatic rings. The molecule has 0 heterocycles. The van der Waals surface area contributed by atoms with Crippen LogP contribution in [0, 0.1) is 20.8 Å². The lowest BCUT2D eigenvalue weighted by molar-refractivity contribution is 0.551. The predicted octanol–water partition coefficient (Wildman–Crippen LogP) is 2.28. The van der Waals surface area contributed by atoms with Gasteiger partial charge in [-0.1, -0.05) is 12.1 Å². The number of carbonyl (C=O) groups excluding carboxylic acids is 2. The maximum atomic E-state index is 10.2. The first-order valence-electron chi connectivity index (χ1n) is 4.82. The van der Waals surface area contributed by atoms with Crippen LogP contribution in [0.1, 0.15) is 28.4 Å². The second kappa shape index (κ2) is 5.17. The zero-order valence-electron chi connectivity index (χ0n) is 9.44. The number of rotatable bonds is 3. The lowest BCUT2D eigenvalue weighted by Crippen LogP contribution is -1.98.